The molecule has 0 radical (unpaired) electrons. The van der Waals surface area contributed by atoms with Crippen molar-refractivity contribution in [1.82, 2.24) is 5.32 Å². The van der Waals surface area contributed by atoms with E-state index in [1.165, 1.54) is 0 Å². The van der Waals surface area contributed by atoms with Gasteiger partial charge in [0.05, 0.1) is 12.7 Å². The van der Waals surface area contributed by atoms with Crippen LogP contribution in [0.4, 0.5) is 0 Å². The summed E-state index contributed by atoms with van der Waals surface area (Å²) in [7, 11) is 1.60. The van der Waals surface area contributed by atoms with Crippen molar-refractivity contribution >= 4 is 11.9 Å². The number of carbonyl (C=O) groups excluding carboxylic acids is 2. The second-order valence-electron chi connectivity index (χ2n) is 6.87. The van der Waals surface area contributed by atoms with Gasteiger partial charge in [-0.15, -0.1) is 0 Å². The van der Waals surface area contributed by atoms with E-state index in [9.17, 15) is 9.59 Å². The topological polar surface area (TPSA) is 73.9 Å². The molecule has 1 N–H and O–H groups in total. The van der Waals surface area contributed by atoms with E-state index in [2.05, 4.69) is 5.32 Å². The van der Waals surface area contributed by atoms with Gasteiger partial charge in [0.2, 0.25) is 0 Å². The number of nitrogens with one attached hydrogen (secondary N) is 1. The van der Waals surface area contributed by atoms with Crippen LogP contribution in [-0.2, 0) is 22.7 Å². The molecule has 0 bridgehead atoms. The minimum atomic E-state index is -0.936. The molecule has 0 spiro atoms. The van der Waals surface area contributed by atoms with Crippen LogP contribution in [0, 0.1) is 0 Å². The smallest absolute Gasteiger partial charge is 0.339 e. The SMILES string of the molecule is COc1ccc(CNC(=O)[C@@H](C)OC(=O)c2ccccc2COc2ccccc2)cc1. The van der Waals surface area contributed by atoms with Gasteiger partial charge in [0.15, 0.2) is 6.10 Å². The van der Waals surface area contributed by atoms with E-state index in [-0.39, 0.29) is 12.5 Å². The van der Waals surface area contributed by atoms with E-state index in [1.54, 1.807) is 32.2 Å². The minimum absolute atomic E-state index is 0.216. The van der Waals surface area contributed by atoms with Crippen LogP contribution in [-0.4, -0.2) is 25.1 Å². The standard InChI is InChI=1S/C25H25NO5/c1-18(24(27)26-16-19-12-14-21(29-2)15-13-19)31-25(28)23-11-7-6-8-20(23)17-30-22-9-4-3-5-10-22/h3-15,18H,16-17H2,1-2H3,(H,26,27)/t18-/m1/s1. The number of ether oxygens (including phenoxy) is 3. The fraction of sp³-hybridized carbons (Fsp3) is 0.200. The molecule has 0 aliphatic rings. The van der Waals surface area contributed by atoms with Crippen molar-refractivity contribution in [1.29, 1.82) is 0 Å². The summed E-state index contributed by atoms with van der Waals surface area (Å²) < 4.78 is 16.2. The number of para-hydroxylation sites is 1. The van der Waals surface area contributed by atoms with E-state index in [0.717, 1.165) is 11.3 Å². The lowest BCUT2D eigenvalue weighted by atomic mass is 10.1. The van der Waals surface area contributed by atoms with Crippen molar-refractivity contribution in [3.8, 4) is 11.5 Å². The van der Waals surface area contributed by atoms with Gasteiger partial charge in [-0.05, 0) is 42.8 Å². The zero-order chi connectivity index (χ0) is 22.1. The van der Waals surface area contributed by atoms with Crippen molar-refractivity contribution in [2.24, 2.45) is 0 Å². The van der Waals surface area contributed by atoms with Gasteiger partial charge >= 0.3 is 5.97 Å². The fourth-order valence-electron chi connectivity index (χ4n) is 2.88. The van der Waals surface area contributed by atoms with Crippen molar-refractivity contribution < 1.29 is 23.8 Å². The predicted octanol–water partition coefficient (Wildman–Crippen LogP) is 4.14. The third-order valence-electron chi connectivity index (χ3n) is 4.65. The van der Waals surface area contributed by atoms with Crippen LogP contribution in [0.15, 0.2) is 78.9 Å². The summed E-state index contributed by atoms with van der Waals surface area (Å²) in [5, 5.41) is 2.77. The Morgan fingerprint density at radius 2 is 1.55 bits per heavy atom. The number of benzene rings is 3. The maximum absolute atomic E-state index is 12.7. The minimum Gasteiger partial charge on any atom is -0.497 e. The molecule has 0 aliphatic carbocycles. The molecular weight excluding hydrogens is 394 g/mol. The summed E-state index contributed by atoms with van der Waals surface area (Å²) in [5.74, 6) is 0.505. The number of esters is 1. The molecule has 1 amide bonds. The highest BCUT2D eigenvalue weighted by Crippen LogP contribution is 2.16. The third kappa shape index (κ3) is 6.34. The fourth-order valence-corrected chi connectivity index (χ4v) is 2.88. The lowest BCUT2D eigenvalue weighted by Crippen LogP contribution is -2.35. The largest absolute Gasteiger partial charge is 0.497 e. The van der Waals surface area contributed by atoms with Crippen LogP contribution >= 0.6 is 0 Å². The van der Waals surface area contributed by atoms with Gasteiger partial charge in [0, 0.05) is 12.1 Å². The molecule has 3 rings (SSSR count). The number of carbonyl (C=O) groups is 2. The van der Waals surface area contributed by atoms with Crippen LogP contribution in [0.1, 0.15) is 28.4 Å². The highest BCUT2D eigenvalue weighted by molar-refractivity contribution is 5.93. The van der Waals surface area contributed by atoms with Crippen LogP contribution < -0.4 is 14.8 Å². The van der Waals surface area contributed by atoms with E-state index in [0.29, 0.717) is 23.4 Å². The molecular formula is C25H25NO5. The van der Waals surface area contributed by atoms with Crippen molar-refractivity contribution in [3.63, 3.8) is 0 Å². The van der Waals surface area contributed by atoms with E-state index in [1.807, 2.05) is 60.7 Å². The monoisotopic (exact) mass is 419 g/mol. The summed E-state index contributed by atoms with van der Waals surface area (Å²) in [6, 6.07) is 23.7. The molecule has 31 heavy (non-hydrogen) atoms. The zero-order valence-electron chi connectivity index (χ0n) is 17.5. The predicted molar refractivity (Wildman–Crippen MR) is 117 cm³/mol. The summed E-state index contributed by atoms with van der Waals surface area (Å²) in [6.07, 6.45) is -0.936. The Kier molecular flexibility index (Phi) is 7.65. The summed E-state index contributed by atoms with van der Waals surface area (Å²) >= 11 is 0. The molecule has 0 saturated carbocycles. The quantitative estimate of drug-likeness (QED) is 0.528. The van der Waals surface area contributed by atoms with Gasteiger partial charge < -0.3 is 19.5 Å². The van der Waals surface area contributed by atoms with Gasteiger partial charge in [-0.25, -0.2) is 4.79 Å². The van der Waals surface area contributed by atoms with Gasteiger partial charge in [0.1, 0.15) is 18.1 Å². The number of hydrogen-bond acceptors (Lipinski definition) is 5. The second kappa shape index (κ2) is 10.8. The lowest BCUT2D eigenvalue weighted by Gasteiger charge is -2.15. The Hall–Kier alpha value is -3.80. The summed E-state index contributed by atoms with van der Waals surface area (Å²) in [4.78, 5) is 25.0. The molecule has 0 fully saturated rings. The van der Waals surface area contributed by atoms with Crippen molar-refractivity contribution in [3.05, 3.63) is 95.6 Å². The first-order valence-corrected chi connectivity index (χ1v) is 9.94. The number of hydrogen-bond donors (Lipinski definition) is 1. The van der Waals surface area contributed by atoms with Gasteiger partial charge in [-0.1, -0.05) is 48.5 Å². The van der Waals surface area contributed by atoms with Crippen LogP contribution in [0.25, 0.3) is 0 Å². The van der Waals surface area contributed by atoms with Crippen LogP contribution in [0.2, 0.25) is 0 Å². The van der Waals surface area contributed by atoms with Crippen LogP contribution in [0.3, 0.4) is 0 Å². The maximum atomic E-state index is 12.7. The first kappa shape index (κ1) is 21.9. The molecule has 160 valence electrons. The van der Waals surface area contributed by atoms with E-state index < -0.39 is 12.1 Å². The van der Waals surface area contributed by atoms with Crippen LogP contribution in [0.5, 0.6) is 11.5 Å². The molecule has 3 aromatic carbocycles. The molecule has 0 aliphatic heterocycles. The number of amides is 1. The highest BCUT2D eigenvalue weighted by atomic mass is 16.5. The Morgan fingerprint density at radius 3 is 2.26 bits per heavy atom. The van der Waals surface area contributed by atoms with E-state index in [4.69, 9.17) is 14.2 Å². The molecule has 3 aromatic rings. The molecule has 6 nitrogen and oxygen atoms in total. The van der Waals surface area contributed by atoms with Gasteiger partial charge in [0.25, 0.3) is 5.91 Å². The number of rotatable bonds is 9. The average molecular weight is 419 g/mol. The second-order valence-corrected chi connectivity index (χ2v) is 6.87. The molecule has 6 heteroatoms. The molecule has 0 aromatic heterocycles. The normalized spacial score (nSPS) is 11.3. The summed E-state index contributed by atoms with van der Waals surface area (Å²) in [6.45, 7) is 2.09. The number of methoxy groups -OCH3 is 1. The van der Waals surface area contributed by atoms with Crippen molar-refractivity contribution in [2.75, 3.05) is 7.11 Å². The van der Waals surface area contributed by atoms with Gasteiger partial charge in [-0.3, -0.25) is 4.79 Å². The third-order valence-corrected chi connectivity index (χ3v) is 4.65. The molecule has 0 saturated heterocycles. The Bertz CT molecular complexity index is 1000. The lowest BCUT2D eigenvalue weighted by molar-refractivity contribution is -0.129. The molecule has 0 unspecified atom stereocenters. The average Bonchev–Trinajstić information content (AvgIpc) is 2.82. The highest BCUT2D eigenvalue weighted by Gasteiger charge is 2.20. The first-order valence-electron chi connectivity index (χ1n) is 9.94. The van der Waals surface area contributed by atoms with Crippen molar-refractivity contribution in [2.45, 2.75) is 26.2 Å². The first-order chi connectivity index (χ1) is 15.1. The van der Waals surface area contributed by atoms with Gasteiger partial charge in [-0.2, -0.15) is 0 Å². The Balaban J connectivity index is 1.55. The Morgan fingerprint density at radius 1 is 0.871 bits per heavy atom. The Labute approximate surface area is 181 Å². The summed E-state index contributed by atoms with van der Waals surface area (Å²) in [5.41, 5.74) is 1.96. The zero-order valence-corrected chi connectivity index (χ0v) is 17.5. The molecule has 0 heterocycles. The molecule has 1 atom stereocenters. The maximum Gasteiger partial charge on any atom is 0.339 e. The van der Waals surface area contributed by atoms with E-state index >= 15 is 0 Å².